The van der Waals surface area contributed by atoms with Crippen LogP contribution < -0.4 is 4.74 Å². The molecule has 0 bridgehead atoms. The lowest BCUT2D eigenvalue weighted by atomic mass is 9.98. The predicted molar refractivity (Wildman–Crippen MR) is 103 cm³/mol. The Morgan fingerprint density at radius 1 is 0.900 bits per heavy atom. The summed E-state index contributed by atoms with van der Waals surface area (Å²) in [5.41, 5.74) is -3.06. The Morgan fingerprint density at radius 3 is 2.23 bits per heavy atom. The van der Waals surface area contributed by atoms with Crippen LogP contribution in [0.1, 0.15) is 32.0 Å². The number of para-hydroxylation sites is 2. The Labute approximate surface area is 167 Å². The summed E-state index contributed by atoms with van der Waals surface area (Å²) in [4.78, 5) is 25.3. The van der Waals surface area contributed by atoms with Gasteiger partial charge in [-0.3, -0.25) is 4.79 Å². The van der Waals surface area contributed by atoms with Gasteiger partial charge in [0.1, 0.15) is 17.0 Å². The average Bonchev–Trinajstić information content (AvgIpc) is 3.09. The predicted octanol–water partition coefficient (Wildman–Crippen LogP) is 5.05. The van der Waals surface area contributed by atoms with Crippen molar-refractivity contribution in [3.05, 3.63) is 83.0 Å². The smallest absolute Gasteiger partial charge is 0.432 e. The minimum Gasteiger partial charge on any atom is -0.496 e. The Morgan fingerprint density at radius 2 is 1.57 bits per heavy atom. The van der Waals surface area contributed by atoms with Crippen molar-refractivity contribution in [2.45, 2.75) is 6.18 Å². The number of hydrogen-bond donors (Lipinski definition) is 1. The van der Waals surface area contributed by atoms with Gasteiger partial charge in [0.05, 0.1) is 29.3 Å². The molecule has 0 saturated carbocycles. The first-order valence-corrected chi connectivity index (χ1v) is 8.80. The maximum Gasteiger partial charge on any atom is 0.432 e. The quantitative estimate of drug-likeness (QED) is 0.476. The molecule has 1 N–H and O–H groups in total. The zero-order valence-electron chi connectivity index (χ0n) is 15.5. The average molecular weight is 413 g/mol. The number of aromatic carboxylic acids is 1. The monoisotopic (exact) mass is 413 g/mol. The van der Waals surface area contributed by atoms with Crippen molar-refractivity contribution in [2.75, 3.05) is 7.11 Å². The highest BCUT2D eigenvalue weighted by molar-refractivity contribution is 6.20. The number of pyridine rings is 1. The second-order valence-electron chi connectivity index (χ2n) is 6.54. The normalized spacial score (nSPS) is 11.7. The Bertz CT molecular complexity index is 1320. The van der Waals surface area contributed by atoms with E-state index in [-0.39, 0.29) is 22.3 Å². The van der Waals surface area contributed by atoms with Crippen LogP contribution in [0.25, 0.3) is 16.4 Å². The van der Waals surface area contributed by atoms with E-state index in [1.807, 2.05) is 0 Å². The number of carboxylic acid groups (broad SMARTS) is 1. The largest absolute Gasteiger partial charge is 0.496 e. The maximum atomic E-state index is 14.1. The van der Waals surface area contributed by atoms with E-state index in [1.165, 1.54) is 37.4 Å². The number of ketones is 1. The van der Waals surface area contributed by atoms with Crippen LogP contribution in [0.3, 0.4) is 0 Å². The second kappa shape index (κ2) is 6.91. The van der Waals surface area contributed by atoms with Gasteiger partial charge < -0.3 is 14.2 Å². The van der Waals surface area contributed by atoms with E-state index in [4.69, 9.17) is 4.74 Å². The molecule has 0 spiro atoms. The Balaban J connectivity index is 2.20. The van der Waals surface area contributed by atoms with E-state index in [0.29, 0.717) is 5.39 Å². The van der Waals surface area contributed by atoms with Crippen molar-refractivity contribution in [3.63, 3.8) is 0 Å². The van der Waals surface area contributed by atoms with Crippen LogP contribution in [0.5, 0.6) is 5.75 Å². The van der Waals surface area contributed by atoms with E-state index < -0.39 is 34.7 Å². The lowest BCUT2D eigenvalue weighted by Crippen LogP contribution is -2.16. The minimum atomic E-state index is -5.01. The number of aromatic nitrogens is 1. The van der Waals surface area contributed by atoms with Crippen molar-refractivity contribution in [1.29, 1.82) is 0 Å². The molecule has 0 aliphatic rings. The summed E-state index contributed by atoms with van der Waals surface area (Å²) < 4.78 is 48.2. The second-order valence-corrected chi connectivity index (χ2v) is 6.54. The number of alkyl halides is 3. The standard InChI is InChI=1S/C22H14F3NO4/c1-30-16-9-5-3-7-13(16)19(27)17-15-11-10-12-6-2-4-8-14(12)26(15)20(22(23,24)25)18(17)21(28)29/h2-11H,1H3,(H,28,29). The molecule has 5 nitrogen and oxygen atoms in total. The van der Waals surface area contributed by atoms with Crippen LogP contribution >= 0.6 is 0 Å². The van der Waals surface area contributed by atoms with Gasteiger partial charge in [0.25, 0.3) is 0 Å². The minimum absolute atomic E-state index is 0.0307. The van der Waals surface area contributed by atoms with Gasteiger partial charge in [-0.1, -0.05) is 36.4 Å². The number of ether oxygens (including phenoxy) is 1. The summed E-state index contributed by atoms with van der Waals surface area (Å²) in [5.74, 6) is -2.57. The molecule has 0 amide bonds. The highest BCUT2D eigenvalue weighted by Gasteiger charge is 2.43. The molecule has 2 aromatic heterocycles. The number of rotatable bonds is 4. The topological polar surface area (TPSA) is 68.0 Å². The van der Waals surface area contributed by atoms with Gasteiger partial charge >= 0.3 is 12.1 Å². The van der Waals surface area contributed by atoms with Crippen LogP contribution in [0, 0.1) is 0 Å². The third kappa shape index (κ3) is 2.88. The molecule has 2 aromatic carbocycles. The van der Waals surface area contributed by atoms with Crippen LogP contribution in [0.4, 0.5) is 13.2 Å². The molecule has 0 atom stereocenters. The third-order valence-corrected chi connectivity index (χ3v) is 4.87. The number of fused-ring (bicyclic) bond motifs is 3. The van der Waals surface area contributed by atoms with Gasteiger partial charge in [0.2, 0.25) is 0 Å². The highest BCUT2D eigenvalue weighted by atomic mass is 19.4. The molecular weight excluding hydrogens is 399 g/mol. The Hall–Kier alpha value is -3.81. The molecule has 0 unspecified atom stereocenters. The summed E-state index contributed by atoms with van der Waals surface area (Å²) in [5, 5.41) is 10.2. The summed E-state index contributed by atoms with van der Waals surface area (Å²) >= 11 is 0. The summed E-state index contributed by atoms with van der Waals surface area (Å²) in [6, 6.07) is 15.1. The first kappa shape index (κ1) is 19.5. The van der Waals surface area contributed by atoms with Gasteiger partial charge in [-0.15, -0.1) is 0 Å². The number of carbonyl (C=O) groups is 2. The zero-order chi connectivity index (χ0) is 21.6. The van der Waals surface area contributed by atoms with Crippen molar-refractivity contribution in [1.82, 2.24) is 4.40 Å². The van der Waals surface area contributed by atoms with Crippen LogP contribution in [0.2, 0.25) is 0 Å². The SMILES string of the molecule is COc1ccccc1C(=O)c1c(C(=O)O)c(C(F)(F)F)n2c1ccc1ccccc12. The van der Waals surface area contributed by atoms with Crippen molar-refractivity contribution >= 4 is 28.2 Å². The number of nitrogens with zero attached hydrogens (tertiary/aromatic N) is 1. The number of carbonyl (C=O) groups excluding carboxylic acids is 1. The van der Waals surface area contributed by atoms with Crippen molar-refractivity contribution < 1.29 is 32.6 Å². The molecule has 2 heterocycles. The first-order valence-electron chi connectivity index (χ1n) is 8.80. The fourth-order valence-electron chi connectivity index (χ4n) is 3.67. The molecule has 0 radical (unpaired) electrons. The fourth-order valence-corrected chi connectivity index (χ4v) is 3.67. The van der Waals surface area contributed by atoms with E-state index in [1.54, 1.807) is 30.3 Å². The molecule has 4 aromatic rings. The molecule has 4 rings (SSSR count). The molecule has 152 valence electrons. The van der Waals surface area contributed by atoms with Crippen LogP contribution in [-0.4, -0.2) is 28.4 Å². The van der Waals surface area contributed by atoms with Crippen LogP contribution in [-0.2, 0) is 6.18 Å². The summed E-state index contributed by atoms with van der Waals surface area (Å²) in [6.45, 7) is 0. The van der Waals surface area contributed by atoms with Gasteiger partial charge in [-0.05, 0) is 29.7 Å². The molecule has 0 saturated heterocycles. The van der Waals surface area contributed by atoms with Gasteiger partial charge in [0, 0.05) is 0 Å². The summed E-state index contributed by atoms with van der Waals surface area (Å²) in [7, 11) is 1.32. The molecule has 8 heteroatoms. The first-order chi connectivity index (χ1) is 14.3. The van der Waals surface area contributed by atoms with Crippen LogP contribution in [0.15, 0.2) is 60.7 Å². The molecule has 0 fully saturated rings. The maximum absolute atomic E-state index is 14.1. The molecule has 30 heavy (non-hydrogen) atoms. The highest BCUT2D eigenvalue weighted by Crippen LogP contribution is 2.40. The van der Waals surface area contributed by atoms with Gasteiger partial charge in [-0.25, -0.2) is 4.79 Å². The van der Waals surface area contributed by atoms with E-state index in [0.717, 1.165) is 4.40 Å². The number of methoxy groups -OCH3 is 1. The zero-order valence-corrected chi connectivity index (χ0v) is 15.5. The van der Waals surface area contributed by atoms with Gasteiger partial charge in [0.15, 0.2) is 5.78 Å². The third-order valence-electron chi connectivity index (χ3n) is 4.87. The molecule has 0 aliphatic heterocycles. The number of carboxylic acids is 1. The lowest BCUT2D eigenvalue weighted by Gasteiger charge is -2.11. The van der Waals surface area contributed by atoms with E-state index >= 15 is 0 Å². The number of benzene rings is 2. The van der Waals surface area contributed by atoms with Crippen molar-refractivity contribution in [2.24, 2.45) is 0 Å². The number of hydrogen-bond acceptors (Lipinski definition) is 3. The summed E-state index contributed by atoms with van der Waals surface area (Å²) in [6.07, 6.45) is -5.01. The van der Waals surface area contributed by atoms with Crippen molar-refractivity contribution in [3.8, 4) is 5.75 Å². The number of halogens is 3. The molecule has 0 aliphatic carbocycles. The van der Waals surface area contributed by atoms with E-state index in [9.17, 15) is 27.9 Å². The molecular formula is C22H14F3NO4. The lowest BCUT2D eigenvalue weighted by molar-refractivity contribution is -0.142. The van der Waals surface area contributed by atoms with E-state index in [2.05, 4.69) is 0 Å². The Kier molecular flexibility index (Phi) is 4.49. The fraction of sp³-hybridized carbons (Fsp3) is 0.0909. The van der Waals surface area contributed by atoms with Gasteiger partial charge in [-0.2, -0.15) is 13.2 Å².